The molecule has 4 nitrogen and oxygen atoms in total. The van der Waals surface area contributed by atoms with Gasteiger partial charge in [0.05, 0.1) is 13.0 Å². The van der Waals surface area contributed by atoms with E-state index in [1.807, 2.05) is 24.3 Å². The highest BCUT2D eigenvalue weighted by Gasteiger charge is 2.12. The molecule has 4 heteroatoms. The summed E-state index contributed by atoms with van der Waals surface area (Å²) in [6, 6.07) is 22.0. The molecule has 3 aromatic rings. The summed E-state index contributed by atoms with van der Waals surface area (Å²) in [6.45, 7) is 6.91. The zero-order valence-corrected chi connectivity index (χ0v) is 17.9. The van der Waals surface area contributed by atoms with Gasteiger partial charge in [0.2, 0.25) is 0 Å². The Morgan fingerprint density at radius 1 is 0.967 bits per heavy atom. The molecule has 0 amide bonds. The Morgan fingerprint density at radius 2 is 1.63 bits per heavy atom. The van der Waals surface area contributed by atoms with Crippen LogP contribution in [-0.2, 0) is 16.1 Å². The smallest absolute Gasteiger partial charge is 0.307 e. The van der Waals surface area contributed by atoms with Gasteiger partial charge in [0.15, 0.2) is 0 Å². The minimum Gasteiger partial charge on any atom is -0.489 e. The lowest BCUT2D eigenvalue weighted by Gasteiger charge is -2.13. The number of esters is 1. The molecule has 0 spiro atoms. The molecule has 30 heavy (non-hydrogen) atoms. The maximum atomic E-state index is 11.6. The van der Waals surface area contributed by atoms with E-state index < -0.39 is 0 Å². The van der Waals surface area contributed by atoms with Gasteiger partial charge in [0, 0.05) is 6.04 Å². The summed E-state index contributed by atoms with van der Waals surface area (Å²) in [7, 11) is 0. The average Bonchev–Trinajstić information content (AvgIpc) is 2.73. The van der Waals surface area contributed by atoms with Crippen molar-refractivity contribution in [2.75, 3.05) is 6.61 Å². The Kier molecular flexibility index (Phi) is 7.26. The van der Waals surface area contributed by atoms with Gasteiger partial charge in [-0.1, -0.05) is 48.5 Å². The van der Waals surface area contributed by atoms with Crippen molar-refractivity contribution in [2.24, 2.45) is 5.73 Å². The molecule has 0 aliphatic heterocycles. The Bertz CT molecular complexity index is 975. The molecule has 0 radical (unpaired) electrons. The van der Waals surface area contributed by atoms with Crippen molar-refractivity contribution >= 4 is 5.97 Å². The normalized spacial score (nSPS) is 11.7. The highest BCUT2D eigenvalue weighted by Crippen LogP contribution is 2.28. The van der Waals surface area contributed by atoms with E-state index in [9.17, 15) is 4.79 Å². The monoisotopic (exact) mass is 403 g/mol. The fourth-order valence-corrected chi connectivity index (χ4v) is 3.58. The van der Waals surface area contributed by atoms with E-state index in [1.54, 1.807) is 6.92 Å². The van der Waals surface area contributed by atoms with Crippen LogP contribution in [0.2, 0.25) is 0 Å². The molecule has 0 aromatic heterocycles. The van der Waals surface area contributed by atoms with Crippen LogP contribution in [-0.4, -0.2) is 12.6 Å². The van der Waals surface area contributed by atoms with Gasteiger partial charge in [-0.05, 0) is 72.4 Å². The maximum absolute atomic E-state index is 11.6. The molecule has 0 saturated carbocycles. The number of rotatable bonds is 8. The first kappa shape index (κ1) is 21.6. The van der Waals surface area contributed by atoms with Gasteiger partial charge in [-0.3, -0.25) is 4.79 Å². The highest BCUT2D eigenvalue weighted by molar-refractivity contribution is 5.71. The van der Waals surface area contributed by atoms with Crippen LogP contribution in [0.15, 0.2) is 66.7 Å². The Labute approximate surface area is 178 Å². The number of benzene rings is 3. The van der Waals surface area contributed by atoms with Crippen LogP contribution in [0.5, 0.6) is 5.75 Å². The number of carbonyl (C=O) groups is 1. The molecule has 0 aliphatic rings. The van der Waals surface area contributed by atoms with Crippen LogP contribution in [0.25, 0.3) is 11.1 Å². The van der Waals surface area contributed by atoms with Crippen molar-refractivity contribution in [2.45, 2.75) is 39.8 Å². The van der Waals surface area contributed by atoms with Gasteiger partial charge in [-0.15, -0.1) is 0 Å². The predicted octanol–water partition coefficient (Wildman–Crippen LogP) is 5.50. The summed E-state index contributed by atoms with van der Waals surface area (Å²) in [4.78, 5) is 11.6. The Morgan fingerprint density at radius 3 is 2.30 bits per heavy atom. The summed E-state index contributed by atoms with van der Waals surface area (Å²) >= 11 is 0. The molecular formula is C26H29NO3. The molecule has 1 unspecified atom stereocenters. The number of nitrogens with two attached hydrogens (primary N) is 1. The van der Waals surface area contributed by atoms with Gasteiger partial charge in [-0.25, -0.2) is 0 Å². The number of hydrogen-bond acceptors (Lipinski definition) is 4. The molecule has 1 atom stereocenters. The van der Waals surface area contributed by atoms with E-state index in [2.05, 4.69) is 56.3 Å². The van der Waals surface area contributed by atoms with Crippen LogP contribution in [0.1, 0.15) is 41.6 Å². The number of hydrogen-bond donors (Lipinski definition) is 1. The molecule has 0 bridgehead atoms. The SMILES string of the molecule is CCOC(=O)CC(N)c1ccc(OCc2cccc(-c3c(C)cccc3C)c2)cc1. The third-order valence-corrected chi connectivity index (χ3v) is 5.10. The van der Waals surface area contributed by atoms with Crippen molar-refractivity contribution in [1.29, 1.82) is 0 Å². The lowest BCUT2D eigenvalue weighted by atomic mass is 9.95. The van der Waals surface area contributed by atoms with Crippen molar-refractivity contribution in [1.82, 2.24) is 0 Å². The van der Waals surface area contributed by atoms with Gasteiger partial charge in [0.1, 0.15) is 12.4 Å². The quantitative estimate of drug-likeness (QED) is 0.504. The molecule has 0 saturated heterocycles. The third kappa shape index (κ3) is 5.49. The first-order valence-corrected chi connectivity index (χ1v) is 10.3. The average molecular weight is 404 g/mol. The molecule has 2 N–H and O–H groups in total. The van der Waals surface area contributed by atoms with Gasteiger partial charge >= 0.3 is 5.97 Å². The van der Waals surface area contributed by atoms with E-state index >= 15 is 0 Å². The predicted molar refractivity (Wildman–Crippen MR) is 120 cm³/mol. The lowest BCUT2D eigenvalue weighted by molar-refractivity contribution is -0.143. The van der Waals surface area contributed by atoms with E-state index in [4.69, 9.17) is 15.2 Å². The summed E-state index contributed by atoms with van der Waals surface area (Å²) < 4.78 is 10.9. The van der Waals surface area contributed by atoms with Crippen LogP contribution < -0.4 is 10.5 Å². The topological polar surface area (TPSA) is 61.5 Å². The van der Waals surface area contributed by atoms with Crippen molar-refractivity contribution in [3.63, 3.8) is 0 Å². The minimum absolute atomic E-state index is 0.166. The second kappa shape index (κ2) is 10.1. The van der Waals surface area contributed by atoms with Crippen LogP contribution in [0.4, 0.5) is 0 Å². The molecule has 0 aliphatic carbocycles. The third-order valence-electron chi connectivity index (χ3n) is 5.10. The molecular weight excluding hydrogens is 374 g/mol. The largest absolute Gasteiger partial charge is 0.489 e. The molecule has 0 fully saturated rings. The zero-order valence-electron chi connectivity index (χ0n) is 17.9. The maximum Gasteiger partial charge on any atom is 0.307 e. The Hall–Kier alpha value is -3.11. The first-order chi connectivity index (χ1) is 14.5. The fraction of sp³-hybridized carbons (Fsp3) is 0.269. The molecule has 3 rings (SSSR count). The van der Waals surface area contributed by atoms with Crippen molar-refractivity contribution < 1.29 is 14.3 Å². The summed E-state index contributed by atoms with van der Waals surface area (Å²) in [5.41, 5.74) is 13.1. The van der Waals surface area contributed by atoms with Gasteiger partial charge in [0.25, 0.3) is 0 Å². The van der Waals surface area contributed by atoms with E-state index in [0.29, 0.717) is 13.2 Å². The lowest BCUT2D eigenvalue weighted by Crippen LogP contribution is -2.17. The molecule has 156 valence electrons. The van der Waals surface area contributed by atoms with Gasteiger partial charge < -0.3 is 15.2 Å². The Balaban J connectivity index is 1.64. The minimum atomic E-state index is -0.382. The summed E-state index contributed by atoms with van der Waals surface area (Å²) in [5.74, 6) is 0.480. The fourth-order valence-electron chi connectivity index (χ4n) is 3.58. The van der Waals surface area contributed by atoms with Crippen LogP contribution in [0.3, 0.4) is 0 Å². The second-order valence-electron chi connectivity index (χ2n) is 7.44. The second-order valence-corrected chi connectivity index (χ2v) is 7.44. The van der Waals surface area contributed by atoms with Crippen LogP contribution in [0, 0.1) is 13.8 Å². The van der Waals surface area contributed by atoms with Crippen LogP contribution >= 0.6 is 0 Å². The van der Waals surface area contributed by atoms with Crippen molar-refractivity contribution in [3.8, 4) is 16.9 Å². The number of aryl methyl sites for hydroxylation is 2. The van der Waals surface area contributed by atoms with E-state index in [0.717, 1.165) is 16.9 Å². The number of ether oxygens (including phenoxy) is 2. The van der Waals surface area contributed by atoms with Gasteiger partial charge in [-0.2, -0.15) is 0 Å². The van der Waals surface area contributed by atoms with E-state index in [1.165, 1.54) is 22.3 Å². The zero-order chi connectivity index (χ0) is 21.5. The van der Waals surface area contributed by atoms with Crippen molar-refractivity contribution in [3.05, 3.63) is 89.0 Å². The summed E-state index contributed by atoms with van der Waals surface area (Å²) in [6.07, 6.45) is 0.166. The molecule has 0 heterocycles. The standard InChI is InChI=1S/C26H29NO3/c1-4-29-25(28)16-24(27)21-11-13-23(14-12-21)30-17-20-9-6-10-22(15-20)26-18(2)7-5-8-19(26)3/h5-15,24H,4,16-17,27H2,1-3H3. The van der Waals surface area contributed by atoms with E-state index in [-0.39, 0.29) is 18.4 Å². The highest BCUT2D eigenvalue weighted by atomic mass is 16.5. The number of carbonyl (C=O) groups excluding carboxylic acids is 1. The first-order valence-electron chi connectivity index (χ1n) is 10.3. The molecule has 3 aromatic carbocycles. The summed E-state index contributed by atoms with van der Waals surface area (Å²) in [5, 5.41) is 0.